The minimum Gasteiger partial charge on any atom is -0.348 e. The number of hydrogen-bond acceptors (Lipinski definition) is 5. The molecule has 1 N–H and O–H groups in total. The summed E-state index contributed by atoms with van der Waals surface area (Å²) < 4.78 is 24.7. The lowest BCUT2D eigenvalue weighted by molar-refractivity contribution is 0.0694. The van der Waals surface area contributed by atoms with Crippen molar-refractivity contribution in [3.63, 3.8) is 0 Å². The van der Waals surface area contributed by atoms with Crippen LogP contribution < -0.4 is 10.9 Å². The van der Waals surface area contributed by atoms with Gasteiger partial charge in [-0.25, -0.2) is 8.42 Å². The smallest absolute Gasteiger partial charge is 0.270 e. The lowest BCUT2D eigenvalue weighted by atomic mass is 10.1. The standard InChI is InChI=1S/C24H29N3O5S/c1-16-4-6-18(7-5-16)15-25-21(28)19-14-17(2)20-23(30)26(12-13-27(20)22(19)29)11-10-24(8-9-24)33(3,31)32/h4-7,14H,8-13,15H2,1-3H3,(H,25,28). The Morgan fingerprint density at radius 1 is 1.09 bits per heavy atom. The van der Waals surface area contributed by atoms with Gasteiger partial charge in [-0.2, -0.15) is 0 Å². The highest BCUT2D eigenvalue weighted by Crippen LogP contribution is 2.46. The lowest BCUT2D eigenvalue weighted by Gasteiger charge is -2.31. The molecule has 1 aliphatic carbocycles. The highest BCUT2D eigenvalue weighted by Gasteiger charge is 2.51. The molecule has 0 spiro atoms. The third kappa shape index (κ3) is 4.46. The summed E-state index contributed by atoms with van der Waals surface area (Å²) in [6.45, 7) is 4.90. The number of carbonyl (C=O) groups excluding carboxylic acids is 2. The van der Waals surface area contributed by atoms with E-state index in [-0.39, 0.29) is 23.7 Å². The average molecular weight is 472 g/mol. The Bertz CT molecular complexity index is 1270. The maximum atomic E-state index is 13.1. The van der Waals surface area contributed by atoms with Gasteiger partial charge >= 0.3 is 0 Å². The predicted octanol–water partition coefficient (Wildman–Crippen LogP) is 1.82. The van der Waals surface area contributed by atoms with Crippen molar-refractivity contribution in [2.75, 3.05) is 19.3 Å². The average Bonchev–Trinajstić information content (AvgIpc) is 3.56. The number of rotatable bonds is 7. The molecule has 0 saturated heterocycles. The quantitative estimate of drug-likeness (QED) is 0.663. The molecule has 0 unspecified atom stereocenters. The molecular formula is C24H29N3O5S. The van der Waals surface area contributed by atoms with Crippen LogP contribution in [0.25, 0.3) is 0 Å². The lowest BCUT2D eigenvalue weighted by Crippen LogP contribution is -2.47. The van der Waals surface area contributed by atoms with Gasteiger partial charge in [0.05, 0.1) is 4.75 Å². The molecule has 9 heteroatoms. The van der Waals surface area contributed by atoms with Gasteiger partial charge in [0.15, 0.2) is 9.84 Å². The van der Waals surface area contributed by atoms with E-state index in [1.807, 2.05) is 31.2 Å². The van der Waals surface area contributed by atoms with E-state index in [0.29, 0.717) is 44.5 Å². The molecule has 1 fully saturated rings. The van der Waals surface area contributed by atoms with Gasteiger partial charge in [0, 0.05) is 32.4 Å². The van der Waals surface area contributed by atoms with Crippen LogP contribution in [0.5, 0.6) is 0 Å². The Morgan fingerprint density at radius 3 is 2.36 bits per heavy atom. The number of aryl methyl sites for hydroxylation is 2. The first-order valence-electron chi connectivity index (χ1n) is 11.1. The molecule has 0 bridgehead atoms. The SMILES string of the molecule is Cc1ccc(CNC(=O)c2cc(C)c3n(c2=O)CCN(CCC2(S(C)(=O)=O)CC2)C3=O)cc1. The third-order valence-electron chi connectivity index (χ3n) is 6.81. The topological polar surface area (TPSA) is 106 Å². The zero-order chi connectivity index (χ0) is 24.0. The number of benzene rings is 1. The van der Waals surface area contributed by atoms with Gasteiger partial charge in [0.25, 0.3) is 17.4 Å². The van der Waals surface area contributed by atoms with Crippen LogP contribution in [0.1, 0.15) is 56.8 Å². The highest BCUT2D eigenvalue weighted by atomic mass is 32.2. The molecule has 33 heavy (non-hydrogen) atoms. The number of sulfone groups is 1. The second-order valence-electron chi connectivity index (χ2n) is 9.21. The first-order chi connectivity index (χ1) is 15.5. The fourth-order valence-electron chi connectivity index (χ4n) is 4.42. The van der Waals surface area contributed by atoms with Gasteiger partial charge < -0.3 is 14.8 Å². The van der Waals surface area contributed by atoms with E-state index in [0.717, 1.165) is 11.1 Å². The molecular weight excluding hydrogens is 442 g/mol. The van der Waals surface area contributed by atoms with Crippen LogP contribution in [0.2, 0.25) is 0 Å². The normalized spacial score (nSPS) is 16.9. The summed E-state index contributed by atoms with van der Waals surface area (Å²) in [6.07, 6.45) is 2.91. The van der Waals surface area contributed by atoms with Gasteiger partial charge in [0.2, 0.25) is 0 Å². The molecule has 8 nitrogen and oxygen atoms in total. The van der Waals surface area contributed by atoms with Crippen LogP contribution in [-0.2, 0) is 22.9 Å². The Hall–Kier alpha value is -2.94. The van der Waals surface area contributed by atoms with E-state index in [9.17, 15) is 22.8 Å². The molecule has 1 aromatic carbocycles. The minimum absolute atomic E-state index is 0.0126. The molecule has 1 saturated carbocycles. The Morgan fingerprint density at radius 2 is 1.76 bits per heavy atom. The molecule has 176 valence electrons. The van der Waals surface area contributed by atoms with E-state index < -0.39 is 26.1 Å². The van der Waals surface area contributed by atoms with Crippen molar-refractivity contribution in [3.05, 3.63) is 68.6 Å². The van der Waals surface area contributed by atoms with Crippen LogP contribution in [0, 0.1) is 13.8 Å². The van der Waals surface area contributed by atoms with Gasteiger partial charge in [0.1, 0.15) is 11.3 Å². The van der Waals surface area contributed by atoms with E-state index in [2.05, 4.69) is 5.32 Å². The molecule has 0 radical (unpaired) electrons. The Labute approximate surface area is 193 Å². The van der Waals surface area contributed by atoms with E-state index in [1.54, 1.807) is 11.8 Å². The van der Waals surface area contributed by atoms with Crippen LogP contribution in [0.4, 0.5) is 0 Å². The number of hydrogen-bond donors (Lipinski definition) is 1. The summed E-state index contributed by atoms with van der Waals surface area (Å²) in [5.74, 6) is -0.774. The van der Waals surface area contributed by atoms with Crippen molar-refractivity contribution in [2.45, 2.75) is 50.9 Å². The van der Waals surface area contributed by atoms with Crippen molar-refractivity contribution >= 4 is 21.7 Å². The van der Waals surface area contributed by atoms with E-state index in [4.69, 9.17) is 0 Å². The largest absolute Gasteiger partial charge is 0.348 e. The van der Waals surface area contributed by atoms with Crippen LogP contribution in [0.3, 0.4) is 0 Å². The Kier molecular flexibility index (Phi) is 5.94. The van der Waals surface area contributed by atoms with E-state index in [1.165, 1.54) is 16.9 Å². The van der Waals surface area contributed by atoms with Crippen LogP contribution in [0.15, 0.2) is 35.1 Å². The minimum atomic E-state index is -3.17. The Balaban J connectivity index is 1.50. The highest BCUT2D eigenvalue weighted by molar-refractivity contribution is 7.92. The molecule has 2 aliphatic rings. The first kappa shape index (κ1) is 23.2. The van der Waals surface area contributed by atoms with Crippen molar-refractivity contribution in [1.29, 1.82) is 0 Å². The van der Waals surface area contributed by atoms with Gasteiger partial charge in [-0.15, -0.1) is 0 Å². The van der Waals surface area contributed by atoms with E-state index >= 15 is 0 Å². The number of nitrogens with one attached hydrogen (secondary N) is 1. The zero-order valence-corrected chi connectivity index (χ0v) is 20.0. The summed E-state index contributed by atoms with van der Waals surface area (Å²) in [5.41, 5.74) is 2.39. The third-order valence-corrected chi connectivity index (χ3v) is 9.00. The molecule has 2 aromatic rings. The zero-order valence-electron chi connectivity index (χ0n) is 19.2. The predicted molar refractivity (Wildman–Crippen MR) is 125 cm³/mol. The van der Waals surface area contributed by atoms with Gasteiger partial charge in [-0.1, -0.05) is 29.8 Å². The summed E-state index contributed by atoms with van der Waals surface area (Å²) >= 11 is 0. The van der Waals surface area contributed by atoms with Gasteiger partial charge in [-0.3, -0.25) is 14.4 Å². The number of carbonyl (C=O) groups is 2. The molecule has 2 heterocycles. The fourth-order valence-corrected chi connectivity index (χ4v) is 5.73. The van der Waals surface area contributed by atoms with Crippen molar-refractivity contribution in [3.8, 4) is 0 Å². The number of amides is 2. The second kappa shape index (κ2) is 8.44. The first-order valence-corrected chi connectivity index (χ1v) is 13.0. The molecule has 2 amide bonds. The number of fused-ring (bicyclic) bond motifs is 1. The molecule has 0 atom stereocenters. The monoisotopic (exact) mass is 471 g/mol. The summed E-state index contributed by atoms with van der Waals surface area (Å²) in [5, 5.41) is 2.78. The van der Waals surface area contributed by atoms with Crippen LogP contribution >= 0.6 is 0 Å². The summed E-state index contributed by atoms with van der Waals surface area (Å²) in [4.78, 5) is 40.5. The number of aromatic nitrogens is 1. The van der Waals surface area contributed by atoms with Crippen molar-refractivity contribution < 1.29 is 18.0 Å². The van der Waals surface area contributed by atoms with Crippen molar-refractivity contribution in [2.24, 2.45) is 0 Å². The van der Waals surface area contributed by atoms with Crippen molar-refractivity contribution in [1.82, 2.24) is 14.8 Å². The summed E-state index contributed by atoms with van der Waals surface area (Å²) in [6, 6.07) is 9.22. The maximum absolute atomic E-state index is 13.1. The fraction of sp³-hybridized carbons (Fsp3) is 0.458. The molecule has 1 aliphatic heterocycles. The maximum Gasteiger partial charge on any atom is 0.270 e. The molecule has 4 rings (SSSR count). The second-order valence-corrected chi connectivity index (χ2v) is 11.6. The number of nitrogens with zero attached hydrogens (tertiary/aromatic N) is 2. The molecule has 1 aromatic heterocycles. The van der Waals surface area contributed by atoms with Gasteiger partial charge in [-0.05, 0) is 50.3 Å². The summed E-state index contributed by atoms with van der Waals surface area (Å²) in [7, 11) is -3.17. The number of pyridine rings is 1. The van der Waals surface area contributed by atoms with Crippen LogP contribution in [-0.4, -0.2) is 53.8 Å².